The van der Waals surface area contributed by atoms with Crippen LogP contribution in [0.15, 0.2) is 23.0 Å². The monoisotopic (exact) mass is 210 g/mol. The van der Waals surface area contributed by atoms with Crippen molar-refractivity contribution < 1.29 is 4.42 Å². The Morgan fingerprint density at radius 3 is 2.73 bits per heavy atom. The van der Waals surface area contributed by atoms with Gasteiger partial charge in [0, 0.05) is 18.2 Å². The van der Waals surface area contributed by atoms with E-state index < -0.39 is 0 Å². The van der Waals surface area contributed by atoms with Crippen molar-refractivity contribution in [2.24, 2.45) is 5.92 Å². The molecule has 0 aliphatic carbocycles. The van der Waals surface area contributed by atoms with Crippen LogP contribution in [0.5, 0.6) is 0 Å². The van der Waals surface area contributed by atoms with Gasteiger partial charge in [0.15, 0.2) is 0 Å². The van der Waals surface area contributed by atoms with Crippen molar-refractivity contribution in [1.29, 1.82) is 0 Å². The van der Waals surface area contributed by atoms with Crippen molar-refractivity contribution in [2.45, 2.75) is 26.4 Å². The lowest BCUT2D eigenvalue weighted by Crippen LogP contribution is -2.37. The minimum Gasteiger partial charge on any atom is -0.472 e. The minimum atomic E-state index is 0.562. The largest absolute Gasteiger partial charge is 0.472 e. The van der Waals surface area contributed by atoms with Crippen LogP contribution in [0.1, 0.15) is 19.4 Å². The van der Waals surface area contributed by atoms with Crippen LogP contribution in [0.3, 0.4) is 0 Å². The first kappa shape index (κ1) is 12.3. The lowest BCUT2D eigenvalue weighted by atomic mass is 10.0. The second-order valence-electron chi connectivity index (χ2n) is 4.32. The van der Waals surface area contributed by atoms with E-state index in [1.165, 1.54) is 5.56 Å². The summed E-state index contributed by atoms with van der Waals surface area (Å²) in [6, 6.07) is 2.58. The molecular formula is C12H22N2O. The maximum atomic E-state index is 5.06. The normalized spacial score (nSPS) is 15.5. The first-order valence-corrected chi connectivity index (χ1v) is 5.51. The van der Waals surface area contributed by atoms with Crippen molar-refractivity contribution in [3.05, 3.63) is 24.2 Å². The average molecular weight is 210 g/mol. The van der Waals surface area contributed by atoms with Gasteiger partial charge in [0.1, 0.15) is 0 Å². The van der Waals surface area contributed by atoms with E-state index in [1.54, 1.807) is 6.26 Å². The zero-order valence-electron chi connectivity index (χ0n) is 10.2. The molecule has 15 heavy (non-hydrogen) atoms. The Morgan fingerprint density at radius 2 is 2.20 bits per heavy atom. The molecule has 0 aliphatic rings. The summed E-state index contributed by atoms with van der Waals surface area (Å²) in [5.41, 5.74) is 1.24. The molecule has 0 aromatic carbocycles. The van der Waals surface area contributed by atoms with Crippen molar-refractivity contribution in [3.63, 3.8) is 0 Å². The molecule has 0 amide bonds. The molecular weight excluding hydrogens is 188 g/mol. The molecule has 0 spiro atoms. The van der Waals surface area contributed by atoms with Crippen LogP contribution in [-0.2, 0) is 6.54 Å². The maximum absolute atomic E-state index is 5.06. The van der Waals surface area contributed by atoms with Gasteiger partial charge in [0.05, 0.1) is 12.5 Å². The van der Waals surface area contributed by atoms with E-state index in [0.29, 0.717) is 12.0 Å². The van der Waals surface area contributed by atoms with E-state index in [2.05, 4.69) is 31.1 Å². The van der Waals surface area contributed by atoms with Gasteiger partial charge < -0.3 is 9.73 Å². The van der Waals surface area contributed by atoms with Gasteiger partial charge in [-0.3, -0.25) is 4.90 Å². The van der Waals surface area contributed by atoms with Gasteiger partial charge >= 0.3 is 0 Å². The molecule has 0 saturated heterocycles. The van der Waals surface area contributed by atoms with E-state index in [-0.39, 0.29) is 0 Å². The van der Waals surface area contributed by atoms with Crippen molar-refractivity contribution in [3.8, 4) is 0 Å². The highest BCUT2D eigenvalue weighted by molar-refractivity contribution is 5.04. The minimum absolute atomic E-state index is 0.562. The Bertz CT molecular complexity index is 259. The molecule has 3 heteroatoms. The molecule has 2 unspecified atom stereocenters. The van der Waals surface area contributed by atoms with Crippen LogP contribution in [0.2, 0.25) is 0 Å². The third-order valence-electron chi connectivity index (χ3n) is 3.06. The van der Waals surface area contributed by atoms with Crippen molar-refractivity contribution in [1.82, 2.24) is 10.2 Å². The van der Waals surface area contributed by atoms with Crippen molar-refractivity contribution >= 4 is 0 Å². The molecule has 2 atom stereocenters. The fraction of sp³-hybridized carbons (Fsp3) is 0.667. The Balaban J connectivity index is 2.42. The zero-order chi connectivity index (χ0) is 11.3. The summed E-state index contributed by atoms with van der Waals surface area (Å²) in [4.78, 5) is 2.35. The molecule has 0 radical (unpaired) electrons. The molecule has 0 aliphatic heterocycles. The molecule has 1 aromatic rings. The lowest BCUT2D eigenvalue weighted by molar-refractivity contribution is 0.190. The first-order chi connectivity index (χ1) is 7.15. The quantitative estimate of drug-likeness (QED) is 0.778. The molecule has 0 bridgehead atoms. The van der Waals surface area contributed by atoms with Crippen LogP contribution >= 0.6 is 0 Å². The van der Waals surface area contributed by atoms with Crippen LogP contribution in [0, 0.1) is 5.92 Å². The van der Waals surface area contributed by atoms with E-state index in [0.717, 1.165) is 13.1 Å². The summed E-state index contributed by atoms with van der Waals surface area (Å²) in [6.45, 7) is 6.54. The Hall–Kier alpha value is -0.800. The van der Waals surface area contributed by atoms with Crippen LogP contribution < -0.4 is 5.32 Å². The predicted molar refractivity (Wildman–Crippen MR) is 62.7 cm³/mol. The van der Waals surface area contributed by atoms with Gasteiger partial charge in [-0.15, -0.1) is 0 Å². The third-order valence-corrected chi connectivity index (χ3v) is 3.06. The summed E-state index contributed by atoms with van der Waals surface area (Å²) in [5.74, 6) is 0.645. The number of furan rings is 1. The summed E-state index contributed by atoms with van der Waals surface area (Å²) in [7, 11) is 4.16. The summed E-state index contributed by atoms with van der Waals surface area (Å²) < 4.78 is 5.06. The number of rotatable bonds is 6. The summed E-state index contributed by atoms with van der Waals surface area (Å²) in [5, 5.41) is 3.22. The topological polar surface area (TPSA) is 28.4 Å². The van der Waals surface area contributed by atoms with Crippen LogP contribution in [0.25, 0.3) is 0 Å². The van der Waals surface area contributed by atoms with Gasteiger partial charge in [-0.25, -0.2) is 0 Å². The molecule has 1 rings (SSSR count). The van der Waals surface area contributed by atoms with Gasteiger partial charge in [0.2, 0.25) is 0 Å². The summed E-state index contributed by atoms with van der Waals surface area (Å²) >= 11 is 0. The molecule has 1 N–H and O–H groups in total. The highest BCUT2D eigenvalue weighted by atomic mass is 16.3. The highest BCUT2D eigenvalue weighted by Crippen LogP contribution is 2.12. The Labute approximate surface area is 92.5 Å². The molecule has 0 saturated carbocycles. The fourth-order valence-corrected chi connectivity index (χ4v) is 1.74. The average Bonchev–Trinajstić information content (AvgIpc) is 2.69. The SMILES string of the molecule is CNCC(C)C(C)N(C)Cc1ccoc1. The lowest BCUT2D eigenvalue weighted by Gasteiger charge is -2.29. The third kappa shape index (κ3) is 3.68. The van der Waals surface area contributed by atoms with E-state index >= 15 is 0 Å². The summed E-state index contributed by atoms with van der Waals surface area (Å²) in [6.07, 6.45) is 3.54. The van der Waals surface area contributed by atoms with Gasteiger partial charge in [0.25, 0.3) is 0 Å². The maximum Gasteiger partial charge on any atom is 0.0947 e. The number of hydrogen-bond donors (Lipinski definition) is 1. The van der Waals surface area contributed by atoms with Gasteiger partial charge in [-0.2, -0.15) is 0 Å². The Kier molecular flexibility index (Phi) is 4.85. The van der Waals surface area contributed by atoms with Crippen LogP contribution in [0.4, 0.5) is 0 Å². The van der Waals surface area contributed by atoms with Crippen molar-refractivity contribution in [2.75, 3.05) is 20.6 Å². The molecule has 86 valence electrons. The standard InChI is InChI=1S/C12H22N2O/c1-10(7-13-3)11(2)14(4)8-12-5-6-15-9-12/h5-6,9-11,13H,7-8H2,1-4H3. The molecule has 1 aromatic heterocycles. The predicted octanol–water partition coefficient (Wildman–Crippen LogP) is 1.96. The molecule has 3 nitrogen and oxygen atoms in total. The second kappa shape index (κ2) is 5.93. The molecule has 0 fully saturated rings. The second-order valence-corrected chi connectivity index (χ2v) is 4.32. The molecule has 1 heterocycles. The fourth-order valence-electron chi connectivity index (χ4n) is 1.74. The Morgan fingerprint density at radius 1 is 1.47 bits per heavy atom. The number of nitrogens with zero attached hydrogens (tertiary/aromatic N) is 1. The van der Waals surface area contributed by atoms with E-state index in [1.807, 2.05) is 19.4 Å². The van der Waals surface area contributed by atoms with Gasteiger partial charge in [-0.05, 0) is 39.5 Å². The zero-order valence-corrected chi connectivity index (χ0v) is 10.2. The smallest absolute Gasteiger partial charge is 0.0947 e. The first-order valence-electron chi connectivity index (χ1n) is 5.51. The van der Waals surface area contributed by atoms with E-state index in [9.17, 15) is 0 Å². The number of nitrogens with one attached hydrogen (secondary N) is 1. The van der Waals surface area contributed by atoms with Crippen LogP contribution in [-0.4, -0.2) is 31.6 Å². The number of hydrogen-bond acceptors (Lipinski definition) is 3. The highest BCUT2D eigenvalue weighted by Gasteiger charge is 2.16. The van der Waals surface area contributed by atoms with Gasteiger partial charge in [-0.1, -0.05) is 6.92 Å². The van der Waals surface area contributed by atoms with E-state index in [4.69, 9.17) is 4.42 Å².